The van der Waals surface area contributed by atoms with Crippen molar-refractivity contribution in [3.63, 3.8) is 0 Å². The van der Waals surface area contributed by atoms with Crippen molar-refractivity contribution >= 4 is 46.0 Å². The Balaban J connectivity index is 1.54. The van der Waals surface area contributed by atoms with E-state index in [1.54, 1.807) is 0 Å². The van der Waals surface area contributed by atoms with Crippen LogP contribution in [0, 0.1) is 6.92 Å². The number of H-pyrrole nitrogens is 1. The van der Waals surface area contributed by atoms with Crippen LogP contribution in [0.25, 0.3) is 16.7 Å². The Morgan fingerprint density at radius 1 is 1.24 bits per heavy atom. The number of anilines is 1. The van der Waals surface area contributed by atoms with E-state index < -0.39 is 23.2 Å². The fraction of sp³-hybridized carbons (Fsp3) is 0.143. The van der Waals surface area contributed by atoms with Crippen molar-refractivity contribution in [1.82, 2.24) is 19.7 Å². The largest absolute Gasteiger partial charge is 0.416 e. The summed E-state index contributed by atoms with van der Waals surface area (Å²) in [7, 11) is 0. The van der Waals surface area contributed by atoms with Crippen LogP contribution < -0.4 is 10.9 Å². The molecule has 4 rings (SSSR count). The Morgan fingerprint density at radius 3 is 2.73 bits per heavy atom. The SMILES string of the molecule is Cc1ccccc1-n1ncc2c(=O)[nH]c(SCC(=O)Nc3cc(C(F)(F)F)ccc3Cl)nc21. The van der Waals surface area contributed by atoms with Crippen LogP contribution in [0.5, 0.6) is 0 Å². The smallest absolute Gasteiger partial charge is 0.324 e. The van der Waals surface area contributed by atoms with Crippen LogP contribution in [0.2, 0.25) is 5.02 Å². The predicted octanol–water partition coefficient (Wildman–Crippen LogP) is 4.82. The highest BCUT2D eigenvalue weighted by Gasteiger charge is 2.31. The first-order valence-corrected chi connectivity index (χ1v) is 10.8. The molecule has 0 spiro atoms. The van der Waals surface area contributed by atoms with Crippen molar-refractivity contribution in [3.8, 4) is 5.69 Å². The lowest BCUT2D eigenvalue weighted by Crippen LogP contribution is -2.16. The number of para-hydroxylation sites is 1. The van der Waals surface area contributed by atoms with E-state index in [0.29, 0.717) is 5.65 Å². The second kappa shape index (κ2) is 8.91. The number of fused-ring (bicyclic) bond motifs is 1. The van der Waals surface area contributed by atoms with Gasteiger partial charge in [0, 0.05) is 0 Å². The van der Waals surface area contributed by atoms with Gasteiger partial charge in [-0.2, -0.15) is 18.3 Å². The number of amides is 1. The molecule has 0 aliphatic carbocycles. The Bertz CT molecular complexity index is 1420. The molecule has 0 atom stereocenters. The van der Waals surface area contributed by atoms with Gasteiger partial charge in [0.2, 0.25) is 5.91 Å². The van der Waals surface area contributed by atoms with Crippen molar-refractivity contribution in [2.75, 3.05) is 11.1 Å². The Labute approximate surface area is 194 Å². The molecule has 0 saturated carbocycles. The number of halogens is 4. The van der Waals surface area contributed by atoms with Gasteiger partial charge < -0.3 is 10.3 Å². The van der Waals surface area contributed by atoms with E-state index >= 15 is 0 Å². The third-order valence-electron chi connectivity index (χ3n) is 4.67. The highest BCUT2D eigenvalue weighted by Crippen LogP contribution is 2.34. The van der Waals surface area contributed by atoms with E-state index in [-0.39, 0.29) is 27.0 Å². The van der Waals surface area contributed by atoms with E-state index in [4.69, 9.17) is 11.6 Å². The average molecular weight is 494 g/mol. The molecule has 0 bridgehead atoms. The normalized spacial score (nSPS) is 11.7. The molecule has 4 aromatic rings. The van der Waals surface area contributed by atoms with Crippen molar-refractivity contribution in [1.29, 1.82) is 0 Å². The summed E-state index contributed by atoms with van der Waals surface area (Å²) in [5.41, 5.74) is 0.470. The highest BCUT2D eigenvalue weighted by molar-refractivity contribution is 7.99. The van der Waals surface area contributed by atoms with Gasteiger partial charge in [-0.25, -0.2) is 9.67 Å². The number of alkyl halides is 3. The first-order chi connectivity index (χ1) is 15.6. The first kappa shape index (κ1) is 22.9. The van der Waals surface area contributed by atoms with Crippen LogP contribution in [0.3, 0.4) is 0 Å². The number of nitrogens with zero attached hydrogens (tertiary/aromatic N) is 3. The summed E-state index contributed by atoms with van der Waals surface area (Å²) < 4.78 is 40.3. The molecule has 33 heavy (non-hydrogen) atoms. The molecular weight excluding hydrogens is 479 g/mol. The number of carbonyl (C=O) groups excluding carboxylic acids is 1. The van der Waals surface area contributed by atoms with Gasteiger partial charge in [0.15, 0.2) is 10.8 Å². The molecule has 2 N–H and O–H groups in total. The van der Waals surface area contributed by atoms with Crippen LogP contribution in [0.4, 0.5) is 18.9 Å². The number of benzene rings is 2. The third kappa shape index (κ3) is 4.88. The zero-order chi connectivity index (χ0) is 23.8. The fourth-order valence-corrected chi connectivity index (χ4v) is 3.88. The van der Waals surface area contributed by atoms with Gasteiger partial charge in [0.05, 0.1) is 33.9 Å². The van der Waals surface area contributed by atoms with Crippen LogP contribution in [-0.2, 0) is 11.0 Å². The average Bonchev–Trinajstić information content (AvgIpc) is 3.18. The molecule has 170 valence electrons. The van der Waals surface area contributed by atoms with Gasteiger partial charge in [-0.3, -0.25) is 9.59 Å². The minimum Gasteiger partial charge on any atom is -0.324 e. The molecule has 0 radical (unpaired) electrons. The fourth-order valence-electron chi connectivity index (χ4n) is 3.06. The molecule has 7 nitrogen and oxygen atoms in total. The summed E-state index contributed by atoms with van der Waals surface area (Å²) in [4.78, 5) is 31.8. The Kier molecular flexibility index (Phi) is 6.17. The van der Waals surface area contributed by atoms with Crippen molar-refractivity contribution < 1.29 is 18.0 Å². The number of aryl methyl sites for hydroxylation is 1. The van der Waals surface area contributed by atoms with E-state index in [9.17, 15) is 22.8 Å². The van der Waals surface area contributed by atoms with E-state index in [2.05, 4.69) is 20.4 Å². The summed E-state index contributed by atoms with van der Waals surface area (Å²) in [5.74, 6) is -0.837. The molecule has 0 unspecified atom stereocenters. The molecule has 0 aliphatic heterocycles. The topological polar surface area (TPSA) is 92.7 Å². The molecule has 12 heteroatoms. The maximum Gasteiger partial charge on any atom is 0.416 e. The zero-order valence-electron chi connectivity index (χ0n) is 16.9. The van der Waals surface area contributed by atoms with Gasteiger partial charge in [-0.05, 0) is 36.8 Å². The summed E-state index contributed by atoms with van der Waals surface area (Å²) in [6.07, 6.45) is -3.16. The monoisotopic (exact) mass is 493 g/mol. The number of hydrogen-bond donors (Lipinski definition) is 2. The Hall–Kier alpha value is -3.31. The number of hydrogen-bond acceptors (Lipinski definition) is 5. The van der Waals surface area contributed by atoms with Crippen LogP contribution >= 0.6 is 23.4 Å². The van der Waals surface area contributed by atoms with Crippen LogP contribution in [0.15, 0.2) is 58.6 Å². The van der Waals surface area contributed by atoms with Crippen molar-refractivity contribution in [2.45, 2.75) is 18.3 Å². The molecule has 2 aromatic carbocycles. The molecule has 0 saturated heterocycles. The lowest BCUT2D eigenvalue weighted by molar-refractivity contribution is -0.137. The summed E-state index contributed by atoms with van der Waals surface area (Å²) >= 11 is 6.83. The van der Waals surface area contributed by atoms with Gasteiger partial charge in [-0.15, -0.1) is 0 Å². The van der Waals surface area contributed by atoms with Crippen molar-refractivity contribution in [2.24, 2.45) is 0 Å². The zero-order valence-corrected chi connectivity index (χ0v) is 18.5. The summed E-state index contributed by atoms with van der Waals surface area (Å²) in [5, 5.41) is 7.02. The molecule has 2 aromatic heterocycles. The van der Waals surface area contributed by atoms with Gasteiger partial charge >= 0.3 is 6.18 Å². The maximum atomic E-state index is 12.9. The number of carbonyl (C=O) groups is 1. The second-order valence-corrected chi connectivity index (χ2v) is 8.35. The number of aromatic nitrogens is 4. The van der Waals surface area contributed by atoms with Crippen LogP contribution in [-0.4, -0.2) is 31.4 Å². The summed E-state index contributed by atoms with van der Waals surface area (Å²) in [6.45, 7) is 1.90. The summed E-state index contributed by atoms with van der Waals surface area (Å²) in [6, 6.07) is 10.1. The van der Waals surface area contributed by atoms with Crippen LogP contribution in [0.1, 0.15) is 11.1 Å². The van der Waals surface area contributed by atoms with E-state index in [1.807, 2.05) is 31.2 Å². The standard InChI is InChI=1S/C21H15ClF3N5O2S/c1-11-4-2-3-5-16(11)30-18-13(9-26-30)19(32)29-20(28-18)33-10-17(31)27-15-8-12(21(23,24)25)6-7-14(15)22/h2-9H,10H2,1H3,(H,27,31)(H,28,29,32). The quantitative estimate of drug-likeness (QED) is 0.307. The maximum absolute atomic E-state index is 12.9. The van der Waals surface area contributed by atoms with E-state index in [1.165, 1.54) is 10.9 Å². The molecule has 0 fully saturated rings. The van der Waals surface area contributed by atoms with Gasteiger partial charge in [0.25, 0.3) is 5.56 Å². The van der Waals surface area contributed by atoms with Crippen molar-refractivity contribution in [3.05, 3.63) is 75.2 Å². The number of aromatic amines is 1. The third-order valence-corrected chi connectivity index (χ3v) is 5.87. The lowest BCUT2D eigenvalue weighted by Gasteiger charge is -2.11. The second-order valence-electron chi connectivity index (χ2n) is 6.98. The van der Waals surface area contributed by atoms with Gasteiger partial charge in [0.1, 0.15) is 5.39 Å². The predicted molar refractivity (Wildman–Crippen MR) is 120 cm³/mol. The van der Waals surface area contributed by atoms with E-state index in [0.717, 1.165) is 41.2 Å². The minimum absolute atomic E-state index is 0.0311. The first-order valence-electron chi connectivity index (χ1n) is 9.47. The molecule has 1 amide bonds. The molecule has 0 aliphatic rings. The highest BCUT2D eigenvalue weighted by atomic mass is 35.5. The Morgan fingerprint density at radius 2 is 2.00 bits per heavy atom. The molecule has 2 heterocycles. The minimum atomic E-state index is -4.57. The number of nitrogens with one attached hydrogen (secondary N) is 2. The van der Waals surface area contributed by atoms with Gasteiger partial charge in [-0.1, -0.05) is 41.6 Å². The molecular formula is C21H15ClF3N5O2S. The number of thioether (sulfide) groups is 1. The lowest BCUT2D eigenvalue weighted by atomic mass is 10.2. The number of rotatable bonds is 5.